The number of ether oxygens (including phenoxy) is 2. The number of aromatic nitrogens is 4. The molecule has 0 amide bonds. The van der Waals surface area contributed by atoms with Gasteiger partial charge in [-0.2, -0.15) is 13.2 Å². The van der Waals surface area contributed by atoms with Crippen LogP contribution in [0.4, 0.5) is 19.0 Å². The highest BCUT2D eigenvalue weighted by Crippen LogP contribution is 2.43. The van der Waals surface area contributed by atoms with E-state index in [4.69, 9.17) is 20.2 Å². The molecule has 1 atom stereocenters. The third-order valence-electron chi connectivity index (χ3n) is 5.92. The van der Waals surface area contributed by atoms with E-state index in [2.05, 4.69) is 25.9 Å². The molecular formula is C21H22BrF3N6O2S. The molecule has 0 bridgehead atoms. The van der Waals surface area contributed by atoms with Gasteiger partial charge in [0.2, 0.25) is 6.79 Å². The predicted molar refractivity (Wildman–Crippen MR) is 124 cm³/mol. The van der Waals surface area contributed by atoms with Crippen LogP contribution < -0.4 is 15.2 Å². The standard InChI is InChI=1S/C21H22BrF3N6O2S/c22-13-6-14-15(33-11-32-14)7-16(13)34-20-29-17-18(26)27-10-28-19(17)31(20)5-3-12-2-1-4-30(8-12)9-21(23,24)25/h6-7,10,12H,1-5,8-9,11H2,(H2,26,27,28). The highest BCUT2D eigenvalue weighted by molar-refractivity contribution is 9.10. The van der Waals surface area contributed by atoms with Gasteiger partial charge in [0.05, 0.1) is 6.54 Å². The van der Waals surface area contributed by atoms with Crippen molar-refractivity contribution in [2.24, 2.45) is 5.92 Å². The van der Waals surface area contributed by atoms with Gasteiger partial charge in [-0.1, -0.05) is 11.8 Å². The Hall–Kier alpha value is -2.25. The zero-order valence-corrected chi connectivity index (χ0v) is 20.4. The van der Waals surface area contributed by atoms with Gasteiger partial charge in [0, 0.05) is 22.5 Å². The molecule has 4 heterocycles. The number of hydrogen-bond donors (Lipinski definition) is 1. The smallest absolute Gasteiger partial charge is 0.401 e. The van der Waals surface area contributed by atoms with Gasteiger partial charge in [-0.15, -0.1) is 0 Å². The van der Waals surface area contributed by atoms with Crippen molar-refractivity contribution in [1.82, 2.24) is 24.4 Å². The molecule has 8 nitrogen and oxygen atoms in total. The molecular weight excluding hydrogens is 537 g/mol. The monoisotopic (exact) mass is 558 g/mol. The molecule has 1 fully saturated rings. The lowest BCUT2D eigenvalue weighted by Gasteiger charge is -2.33. The Morgan fingerprint density at radius 3 is 2.79 bits per heavy atom. The van der Waals surface area contributed by atoms with Crippen LogP contribution in [0, 0.1) is 5.92 Å². The van der Waals surface area contributed by atoms with E-state index in [1.165, 1.54) is 23.0 Å². The summed E-state index contributed by atoms with van der Waals surface area (Å²) in [7, 11) is 0. The van der Waals surface area contributed by atoms with Gasteiger partial charge in [0.25, 0.3) is 0 Å². The fourth-order valence-corrected chi connectivity index (χ4v) is 5.89. The van der Waals surface area contributed by atoms with Crippen molar-refractivity contribution in [2.75, 3.05) is 32.2 Å². The summed E-state index contributed by atoms with van der Waals surface area (Å²) in [5, 5.41) is 0.671. The van der Waals surface area contributed by atoms with E-state index in [0.29, 0.717) is 53.9 Å². The molecule has 0 spiro atoms. The second-order valence-corrected chi connectivity index (χ2v) is 10.2. The van der Waals surface area contributed by atoms with Crippen LogP contribution in [0.2, 0.25) is 0 Å². The Labute approximate surface area is 206 Å². The second-order valence-electron chi connectivity index (χ2n) is 8.36. The summed E-state index contributed by atoms with van der Waals surface area (Å²) in [6, 6.07) is 3.73. The zero-order valence-electron chi connectivity index (χ0n) is 18.0. The number of piperidine rings is 1. The maximum Gasteiger partial charge on any atom is 0.401 e. The molecule has 0 radical (unpaired) electrons. The van der Waals surface area contributed by atoms with Crippen LogP contribution >= 0.6 is 27.7 Å². The lowest BCUT2D eigenvalue weighted by molar-refractivity contribution is -0.149. The Morgan fingerprint density at radius 1 is 1.21 bits per heavy atom. The first-order valence-electron chi connectivity index (χ1n) is 10.8. The summed E-state index contributed by atoms with van der Waals surface area (Å²) in [5.41, 5.74) is 7.17. The molecule has 2 aliphatic heterocycles. The summed E-state index contributed by atoms with van der Waals surface area (Å²) in [6.07, 6.45) is -0.425. The van der Waals surface area contributed by atoms with Crippen LogP contribution in [-0.2, 0) is 6.54 Å². The van der Waals surface area contributed by atoms with Crippen molar-refractivity contribution < 1.29 is 22.6 Å². The van der Waals surface area contributed by atoms with Gasteiger partial charge in [0.15, 0.2) is 33.6 Å². The number of nitrogens with two attached hydrogens (primary N) is 1. The summed E-state index contributed by atoms with van der Waals surface area (Å²) in [5.74, 6) is 1.76. The fourth-order valence-electron chi connectivity index (χ4n) is 4.38. The summed E-state index contributed by atoms with van der Waals surface area (Å²) in [6.45, 7) is 0.780. The normalized spacial score (nSPS) is 18.6. The van der Waals surface area contributed by atoms with Crippen molar-refractivity contribution in [1.29, 1.82) is 0 Å². The molecule has 13 heteroatoms. The molecule has 1 saturated heterocycles. The zero-order chi connectivity index (χ0) is 23.9. The third kappa shape index (κ3) is 5.05. The number of anilines is 1. The minimum absolute atomic E-state index is 0.155. The van der Waals surface area contributed by atoms with Crippen molar-refractivity contribution in [3.63, 3.8) is 0 Å². The average molecular weight is 559 g/mol. The van der Waals surface area contributed by atoms with Crippen LogP contribution in [0.25, 0.3) is 11.2 Å². The first-order chi connectivity index (χ1) is 16.3. The highest BCUT2D eigenvalue weighted by Gasteiger charge is 2.33. The molecule has 1 unspecified atom stereocenters. The van der Waals surface area contributed by atoms with Gasteiger partial charge in [-0.3, -0.25) is 4.90 Å². The van der Waals surface area contributed by atoms with E-state index in [1.54, 1.807) is 0 Å². The summed E-state index contributed by atoms with van der Waals surface area (Å²) < 4.78 is 52.3. The Kier molecular flexibility index (Phi) is 6.51. The van der Waals surface area contributed by atoms with Gasteiger partial charge in [0.1, 0.15) is 6.33 Å². The molecule has 34 heavy (non-hydrogen) atoms. The van der Waals surface area contributed by atoms with Crippen LogP contribution in [0.15, 0.2) is 33.0 Å². The Balaban J connectivity index is 1.39. The maximum absolute atomic E-state index is 12.9. The summed E-state index contributed by atoms with van der Waals surface area (Å²) in [4.78, 5) is 15.5. The molecule has 2 N–H and O–H groups in total. The molecule has 3 aromatic rings. The van der Waals surface area contributed by atoms with E-state index >= 15 is 0 Å². The first-order valence-corrected chi connectivity index (χ1v) is 12.4. The number of alkyl halides is 3. The minimum Gasteiger partial charge on any atom is -0.454 e. The van der Waals surface area contributed by atoms with Gasteiger partial charge < -0.3 is 19.8 Å². The largest absolute Gasteiger partial charge is 0.454 e. The number of imidazole rings is 1. The number of rotatable bonds is 6. The van der Waals surface area contributed by atoms with Crippen molar-refractivity contribution in [3.8, 4) is 11.5 Å². The van der Waals surface area contributed by atoms with Crippen LogP contribution in [0.1, 0.15) is 19.3 Å². The fraction of sp³-hybridized carbons (Fsp3) is 0.476. The van der Waals surface area contributed by atoms with E-state index in [0.717, 1.165) is 22.2 Å². The number of nitrogen functional groups attached to an aromatic ring is 1. The highest BCUT2D eigenvalue weighted by atomic mass is 79.9. The van der Waals surface area contributed by atoms with Gasteiger partial charge >= 0.3 is 6.18 Å². The number of nitrogens with zero attached hydrogens (tertiary/aromatic N) is 5. The minimum atomic E-state index is -4.18. The third-order valence-corrected chi connectivity index (χ3v) is 7.89. The van der Waals surface area contributed by atoms with Crippen LogP contribution in [0.3, 0.4) is 0 Å². The number of hydrogen-bond acceptors (Lipinski definition) is 8. The average Bonchev–Trinajstić information content (AvgIpc) is 3.36. The Bertz CT molecular complexity index is 1210. The van der Waals surface area contributed by atoms with Gasteiger partial charge in [-0.25, -0.2) is 15.0 Å². The van der Waals surface area contributed by atoms with Crippen molar-refractivity contribution in [3.05, 3.63) is 22.9 Å². The quantitative estimate of drug-likeness (QED) is 0.465. The summed E-state index contributed by atoms with van der Waals surface area (Å²) >= 11 is 5.00. The van der Waals surface area contributed by atoms with Crippen molar-refractivity contribution in [2.45, 2.75) is 42.0 Å². The first kappa shape index (κ1) is 23.5. The number of benzene rings is 1. The lowest BCUT2D eigenvalue weighted by atomic mass is 9.95. The molecule has 2 aliphatic rings. The van der Waals surface area contributed by atoms with Crippen molar-refractivity contribution >= 4 is 44.7 Å². The van der Waals surface area contributed by atoms with Crippen LogP contribution in [-0.4, -0.2) is 57.0 Å². The molecule has 0 aliphatic carbocycles. The van der Waals surface area contributed by atoms with Gasteiger partial charge in [-0.05, 0) is 59.8 Å². The topological polar surface area (TPSA) is 91.3 Å². The molecule has 0 saturated carbocycles. The molecule has 1 aromatic carbocycles. The lowest BCUT2D eigenvalue weighted by Crippen LogP contribution is -2.41. The Morgan fingerprint density at radius 2 is 2.00 bits per heavy atom. The number of halogens is 4. The maximum atomic E-state index is 12.9. The molecule has 182 valence electrons. The molecule has 2 aromatic heterocycles. The van der Waals surface area contributed by atoms with E-state index < -0.39 is 12.7 Å². The van der Waals surface area contributed by atoms with Crippen LogP contribution in [0.5, 0.6) is 11.5 Å². The number of fused-ring (bicyclic) bond motifs is 2. The predicted octanol–water partition coefficient (Wildman–Crippen LogP) is 4.72. The van der Waals surface area contributed by atoms with E-state index in [9.17, 15) is 13.2 Å². The second kappa shape index (κ2) is 9.42. The van der Waals surface area contributed by atoms with E-state index in [-0.39, 0.29) is 18.5 Å². The number of aryl methyl sites for hydroxylation is 1. The molecule has 5 rings (SSSR count). The number of likely N-dealkylation sites (tertiary alicyclic amines) is 1. The SMILES string of the molecule is Nc1ncnc2c1nc(Sc1cc3c(cc1Br)OCO3)n2CCC1CCCN(CC(F)(F)F)C1. The van der Waals surface area contributed by atoms with E-state index in [1.807, 2.05) is 16.7 Å².